The van der Waals surface area contributed by atoms with E-state index < -0.39 is 21.4 Å². The molecule has 1 unspecified atom stereocenters. The van der Waals surface area contributed by atoms with Gasteiger partial charge in [-0.05, 0) is 37.6 Å². The van der Waals surface area contributed by atoms with Crippen LogP contribution in [0.15, 0.2) is 24.3 Å². The minimum absolute atomic E-state index is 0.0526. The first kappa shape index (κ1) is 14.8. The van der Waals surface area contributed by atoms with Crippen LogP contribution < -0.4 is 10.2 Å². The predicted octanol–water partition coefficient (Wildman–Crippen LogP) is 1.55. The third kappa shape index (κ3) is 3.27. The molecule has 20 heavy (non-hydrogen) atoms. The highest BCUT2D eigenvalue weighted by Crippen LogP contribution is 2.23. The van der Waals surface area contributed by atoms with E-state index in [4.69, 9.17) is 0 Å². The number of rotatable bonds is 2. The molecule has 5 nitrogen and oxygen atoms in total. The lowest BCUT2D eigenvalue weighted by atomic mass is 10.0. The summed E-state index contributed by atoms with van der Waals surface area (Å²) in [5.41, 5.74) is -0.210. The topological polar surface area (TPSA) is 66.5 Å². The van der Waals surface area contributed by atoms with Crippen LogP contribution in [-0.4, -0.2) is 38.5 Å². The fourth-order valence-electron chi connectivity index (χ4n) is 2.23. The molecule has 0 saturated carbocycles. The van der Waals surface area contributed by atoms with E-state index in [1.54, 1.807) is 14.0 Å². The van der Waals surface area contributed by atoms with Gasteiger partial charge >= 0.3 is 6.03 Å². The summed E-state index contributed by atoms with van der Waals surface area (Å²) in [6, 6.07) is 5.10. The van der Waals surface area contributed by atoms with Crippen molar-refractivity contribution in [3.05, 3.63) is 30.1 Å². The zero-order valence-electron chi connectivity index (χ0n) is 11.4. The van der Waals surface area contributed by atoms with Crippen LogP contribution in [0.1, 0.15) is 13.3 Å². The van der Waals surface area contributed by atoms with Crippen molar-refractivity contribution in [2.45, 2.75) is 18.9 Å². The van der Waals surface area contributed by atoms with E-state index in [0.29, 0.717) is 12.1 Å². The van der Waals surface area contributed by atoms with Gasteiger partial charge in [-0.2, -0.15) is 0 Å². The molecule has 1 aliphatic heterocycles. The average Bonchev–Trinajstić information content (AvgIpc) is 2.63. The van der Waals surface area contributed by atoms with Crippen LogP contribution in [0.25, 0.3) is 0 Å². The number of amides is 2. The molecule has 1 aromatic carbocycles. The van der Waals surface area contributed by atoms with E-state index >= 15 is 0 Å². The van der Waals surface area contributed by atoms with Crippen LogP contribution in [0.3, 0.4) is 0 Å². The lowest BCUT2D eigenvalue weighted by Crippen LogP contribution is -2.51. The van der Waals surface area contributed by atoms with E-state index in [9.17, 15) is 17.6 Å². The molecule has 1 saturated heterocycles. The molecule has 0 radical (unpaired) electrons. The van der Waals surface area contributed by atoms with Gasteiger partial charge in [0.05, 0.1) is 17.0 Å². The van der Waals surface area contributed by atoms with Gasteiger partial charge in [-0.1, -0.05) is 0 Å². The van der Waals surface area contributed by atoms with Crippen LogP contribution in [0.2, 0.25) is 0 Å². The summed E-state index contributed by atoms with van der Waals surface area (Å²) >= 11 is 0. The number of halogens is 1. The number of nitrogens with zero attached hydrogens (tertiary/aromatic N) is 1. The van der Waals surface area contributed by atoms with Gasteiger partial charge in [0.25, 0.3) is 0 Å². The summed E-state index contributed by atoms with van der Waals surface area (Å²) in [5.74, 6) is -0.344. The molecule has 2 amide bonds. The lowest BCUT2D eigenvalue weighted by molar-refractivity contribution is 0.237. The minimum Gasteiger partial charge on any atom is -0.331 e. The molecule has 1 fully saturated rings. The van der Waals surface area contributed by atoms with Crippen molar-refractivity contribution in [1.29, 1.82) is 0 Å². The van der Waals surface area contributed by atoms with E-state index in [2.05, 4.69) is 5.32 Å². The first-order valence-electron chi connectivity index (χ1n) is 6.23. The molecule has 1 N–H and O–H groups in total. The van der Waals surface area contributed by atoms with Crippen LogP contribution in [0, 0.1) is 5.82 Å². The molecule has 0 bridgehead atoms. The van der Waals surface area contributed by atoms with Gasteiger partial charge in [0.15, 0.2) is 9.84 Å². The van der Waals surface area contributed by atoms with Crippen LogP contribution in [0.5, 0.6) is 0 Å². The fraction of sp³-hybridized carbons (Fsp3) is 0.462. The largest absolute Gasteiger partial charge is 0.331 e. The maximum absolute atomic E-state index is 12.8. The summed E-state index contributed by atoms with van der Waals surface area (Å²) in [7, 11) is -1.53. The molecule has 0 spiro atoms. The normalized spacial score (nSPS) is 24.4. The molecule has 7 heteroatoms. The molecule has 1 aromatic rings. The Morgan fingerprint density at radius 3 is 2.45 bits per heavy atom. The van der Waals surface area contributed by atoms with Crippen molar-refractivity contribution in [3.8, 4) is 0 Å². The molecule has 1 atom stereocenters. The Balaban J connectivity index is 2.07. The minimum atomic E-state index is -3.08. The average molecular weight is 300 g/mol. The Labute approximate surface area is 117 Å². The number of carbonyl (C=O) groups excluding carboxylic acids is 1. The highest BCUT2D eigenvalue weighted by Gasteiger charge is 2.40. The molecule has 2 rings (SSSR count). The lowest BCUT2D eigenvalue weighted by Gasteiger charge is -2.27. The van der Waals surface area contributed by atoms with E-state index in [1.165, 1.54) is 29.2 Å². The maximum Gasteiger partial charge on any atom is 0.322 e. The van der Waals surface area contributed by atoms with E-state index in [-0.39, 0.29) is 17.3 Å². The predicted molar refractivity (Wildman–Crippen MR) is 75.0 cm³/mol. The number of urea groups is 1. The maximum atomic E-state index is 12.8. The van der Waals surface area contributed by atoms with E-state index in [1.807, 2.05) is 0 Å². The SMILES string of the molecule is CN(C(=O)NC1(C)CCS(=O)(=O)C1)c1ccc(F)cc1. The third-order valence-electron chi connectivity index (χ3n) is 3.43. The molecule has 0 aliphatic carbocycles. The number of hydrogen-bond acceptors (Lipinski definition) is 3. The van der Waals surface area contributed by atoms with Crippen molar-refractivity contribution < 1.29 is 17.6 Å². The monoisotopic (exact) mass is 300 g/mol. The first-order valence-corrected chi connectivity index (χ1v) is 8.05. The number of carbonyl (C=O) groups is 1. The van der Waals surface area contributed by atoms with Crippen molar-refractivity contribution in [2.24, 2.45) is 0 Å². The first-order chi connectivity index (χ1) is 9.21. The second kappa shape index (κ2) is 5.05. The van der Waals surface area contributed by atoms with Crippen molar-refractivity contribution in [1.82, 2.24) is 5.32 Å². The van der Waals surface area contributed by atoms with Crippen molar-refractivity contribution in [2.75, 3.05) is 23.5 Å². The number of benzene rings is 1. The summed E-state index contributed by atoms with van der Waals surface area (Å²) in [4.78, 5) is 13.5. The summed E-state index contributed by atoms with van der Waals surface area (Å²) in [6.45, 7) is 1.72. The van der Waals surface area contributed by atoms with Gasteiger partial charge in [0.1, 0.15) is 5.82 Å². The summed E-state index contributed by atoms with van der Waals surface area (Å²) in [5, 5.41) is 2.74. The van der Waals surface area contributed by atoms with Crippen LogP contribution in [-0.2, 0) is 9.84 Å². The van der Waals surface area contributed by atoms with E-state index in [0.717, 1.165) is 0 Å². The molecule has 1 aliphatic rings. The summed E-state index contributed by atoms with van der Waals surface area (Å²) < 4.78 is 35.8. The Hall–Kier alpha value is -1.63. The Morgan fingerprint density at radius 1 is 1.35 bits per heavy atom. The molecular formula is C13H17FN2O3S. The quantitative estimate of drug-likeness (QED) is 0.901. The molecule has 0 aromatic heterocycles. The van der Waals surface area contributed by atoms with Crippen molar-refractivity contribution in [3.63, 3.8) is 0 Å². The number of anilines is 1. The highest BCUT2D eigenvalue weighted by atomic mass is 32.2. The fourth-order valence-corrected chi connectivity index (χ4v) is 4.33. The summed E-state index contributed by atoms with van der Waals surface area (Å²) in [6.07, 6.45) is 0.401. The number of sulfone groups is 1. The van der Waals surface area contributed by atoms with Gasteiger partial charge in [-0.25, -0.2) is 17.6 Å². The molecular weight excluding hydrogens is 283 g/mol. The molecule has 110 valence electrons. The highest BCUT2D eigenvalue weighted by molar-refractivity contribution is 7.91. The van der Waals surface area contributed by atoms with Gasteiger partial charge in [0, 0.05) is 12.7 Å². The Bertz CT molecular complexity index is 615. The van der Waals surface area contributed by atoms with Crippen LogP contribution >= 0.6 is 0 Å². The second-order valence-electron chi connectivity index (χ2n) is 5.37. The number of hydrogen-bond donors (Lipinski definition) is 1. The molecule has 1 heterocycles. The standard InChI is InChI=1S/C13H17FN2O3S/c1-13(7-8-20(18,19)9-13)15-12(17)16(2)11-5-3-10(14)4-6-11/h3-6H,7-9H2,1-2H3,(H,15,17). The zero-order chi connectivity index (χ0) is 15.0. The van der Waals surface area contributed by atoms with Gasteiger partial charge in [-0.3, -0.25) is 4.90 Å². The van der Waals surface area contributed by atoms with Gasteiger partial charge in [0.2, 0.25) is 0 Å². The van der Waals surface area contributed by atoms with Crippen LogP contribution in [0.4, 0.5) is 14.9 Å². The Morgan fingerprint density at radius 2 is 1.95 bits per heavy atom. The smallest absolute Gasteiger partial charge is 0.322 e. The number of nitrogens with one attached hydrogen (secondary N) is 1. The second-order valence-corrected chi connectivity index (χ2v) is 7.55. The van der Waals surface area contributed by atoms with Gasteiger partial charge in [-0.15, -0.1) is 0 Å². The zero-order valence-corrected chi connectivity index (χ0v) is 12.2. The van der Waals surface area contributed by atoms with Crippen molar-refractivity contribution >= 4 is 21.6 Å². The third-order valence-corrected chi connectivity index (χ3v) is 5.33. The Kier molecular flexibility index (Phi) is 3.73. The van der Waals surface area contributed by atoms with Gasteiger partial charge < -0.3 is 5.32 Å².